The minimum absolute atomic E-state index is 0.126. The first-order valence-electron chi connectivity index (χ1n) is 10.6. The lowest BCUT2D eigenvalue weighted by Crippen LogP contribution is -2.37. The average Bonchev–Trinajstić information content (AvgIpc) is 3.49. The van der Waals surface area contributed by atoms with Crippen molar-refractivity contribution in [2.24, 2.45) is 5.92 Å². The van der Waals surface area contributed by atoms with Gasteiger partial charge in [-0.15, -0.1) is 0 Å². The standard InChI is InChI=1S/C23H31N5O/c1-15-14-24-23(27-21(15)28(2)3)25-18-11-9-17(10-12-18)22(29)26-20-13-19(20)16-7-5-4-6-8-16/h4-8,14,17-20H,9-13H2,1-3H3,(H,26,29)(H,24,25,27)/t17?,18?,19-,20+/m1/s1. The lowest BCUT2D eigenvalue weighted by molar-refractivity contribution is -0.126. The second kappa shape index (κ2) is 8.39. The summed E-state index contributed by atoms with van der Waals surface area (Å²) >= 11 is 0. The summed E-state index contributed by atoms with van der Waals surface area (Å²) in [6.45, 7) is 2.02. The number of hydrogen-bond acceptors (Lipinski definition) is 5. The van der Waals surface area contributed by atoms with E-state index in [2.05, 4.69) is 44.9 Å². The van der Waals surface area contributed by atoms with Crippen molar-refractivity contribution in [3.8, 4) is 0 Å². The summed E-state index contributed by atoms with van der Waals surface area (Å²) in [4.78, 5) is 23.7. The summed E-state index contributed by atoms with van der Waals surface area (Å²) < 4.78 is 0. The molecule has 0 bridgehead atoms. The molecule has 1 aromatic carbocycles. The zero-order chi connectivity index (χ0) is 20.4. The number of aromatic nitrogens is 2. The number of carbonyl (C=O) groups excluding carboxylic acids is 1. The van der Waals surface area contributed by atoms with Crippen molar-refractivity contribution in [1.82, 2.24) is 15.3 Å². The van der Waals surface area contributed by atoms with Crippen LogP contribution in [0.1, 0.15) is 49.1 Å². The van der Waals surface area contributed by atoms with E-state index in [9.17, 15) is 4.79 Å². The minimum Gasteiger partial charge on any atom is -0.362 e. The van der Waals surface area contributed by atoms with E-state index >= 15 is 0 Å². The Hall–Kier alpha value is -2.63. The Morgan fingerprint density at radius 1 is 1.10 bits per heavy atom. The van der Waals surface area contributed by atoms with Crippen LogP contribution < -0.4 is 15.5 Å². The second-order valence-corrected chi connectivity index (χ2v) is 8.66. The summed E-state index contributed by atoms with van der Waals surface area (Å²) in [6, 6.07) is 11.1. The van der Waals surface area contributed by atoms with E-state index in [1.165, 1.54) is 5.56 Å². The summed E-state index contributed by atoms with van der Waals surface area (Å²) in [5.41, 5.74) is 2.40. The highest BCUT2D eigenvalue weighted by molar-refractivity contribution is 5.79. The Labute approximate surface area is 173 Å². The molecule has 154 valence electrons. The molecule has 2 atom stereocenters. The van der Waals surface area contributed by atoms with Gasteiger partial charge in [-0.25, -0.2) is 4.98 Å². The average molecular weight is 394 g/mol. The molecular weight excluding hydrogens is 362 g/mol. The van der Waals surface area contributed by atoms with Crippen LogP contribution in [0.5, 0.6) is 0 Å². The van der Waals surface area contributed by atoms with Crippen molar-refractivity contribution in [3.63, 3.8) is 0 Å². The van der Waals surface area contributed by atoms with E-state index < -0.39 is 0 Å². The molecule has 2 saturated carbocycles. The number of benzene rings is 1. The number of nitrogens with one attached hydrogen (secondary N) is 2. The van der Waals surface area contributed by atoms with Crippen molar-refractivity contribution in [2.75, 3.05) is 24.3 Å². The van der Waals surface area contributed by atoms with Gasteiger partial charge in [0.15, 0.2) is 0 Å². The van der Waals surface area contributed by atoms with Crippen molar-refractivity contribution in [3.05, 3.63) is 47.7 Å². The summed E-state index contributed by atoms with van der Waals surface area (Å²) in [5.74, 6) is 2.46. The molecule has 6 nitrogen and oxygen atoms in total. The van der Waals surface area contributed by atoms with Crippen LogP contribution in [0.3, 0.4) is 0 Å². The van der Waals surface area contributed by atoms with Crippen molar-refractivity contribution in [2.45, 2.75) is 57.0 Å². The van der Waals surface area contributed by atoms with E-state index in [1.54, 1.807) is 0 Å². The third-order valence-electron chi connectivity index (χ3n) is 6.15. The first kappa shape index (κ1) is 19.7. The fourth-order valence-electron chi connectivity index (χ4n) is 4.36. The van der Waals surface area contributed by atoms with Gasteiger partial charge >= 0.3 is 0 Å². The van der Waals surface area contributed by atoms with Crippen LogP contribution in [0.15, 0.2) is 36.5 Å². The van der Waals surface area contributed by atoms with Gasteiger partial charge in [0, 0.05) is 49.8 Å². The summed E-state index contributed by atoms with van der Waals surface area (Å²) in [6.07, 6.45) is 6.70. The fraction of sp³-hybridized carbons (Fsp3) is 0.522. The van der Waals surface area contributed by atoms with E-state index in [-0.39, 0.29) is 11.8 Å². The molecule has 2 aliphatic rings. The largest absolute Gasteiger partial charge is 0.362 e. The third kappa shape index (κ3) is 4.69. The number of amides is 1. The first-order chi connectivity index (χ1) is 14.0. The molecule has 2 N–H and O–H groups in total. The van der Waals surface area contributed by atoms with Gasteiger partial charge in [-0.3, -0.25) is 4.79 Å². The topological polar surface area (TPSA) is 70.1 Å². The van der Waals surface area contributed by atoms with Gasteiger partial charge in [0.25, 0.3) is 0 Å². The Balaban J connectivity index is 1.24. The van der Waals surface area contributed by atoms with Gasteiger partial charge in [0.05, 0.1) is 0 Å². The molecule has 29 heavy (non-hydrogen) atoms. The minimum atomic E-state index is 0.126. The van der Waals surface area contributed by atoms with Gasteiger partial charge < -0.3 is 15.5 Å². The van der Waals surface area contributed by atoms with Gasteiger partial charge in [-0.1, -0.05) is 30.3 Å². The Morgan fingerprint density at radius 3 is 2.52 bits per heavy atom. The van der Waals surface area contributed by atoms with Crippen LogP contribution in [0.4, 0.5) is 11.8 Å². The van der Waals surface area contributed by atoms with E-state index in [4.69, 9.17) is 0 Å². The van der Waals surface area contributed by atoms with Crippen LogP contribution >= 0.6 is 0 Å². The molecule has 1 amide bonds. The molecule has 2 aliphatic carbocycles. The van der Waals surface area contributed by atoms with E-state index in [0.29, 0.717) is 23.9 Å². The Kier molecular flexibility index (Phi) is 5.69. The maximum atomic E-state index is 12.7. The highest BCUT2D eigenvalue weighted by Crippen LogP contribution is 2.41. The Bertz CT molecular complexity index is 846. The molecule has 4 rings (SSSR count). The molecule has 6 heteroatoms. The Morgan fingerprint density at radius 2 is 1.83 bits per heavy atom. The number of aryl methyl sites for hydroxylation is 1. The van der Waals surface area contributed by atoms with Gasteiger partial charge in [-0.2, -0.15) is 4.98 Å². The van der Waals surface area contributed by atoms with Crippen LogP contribution in [-0.2, 0) is 4.79 Å². The van der Waals surface area contributed by atoms with Crippen molar-refractivity contribution in [1.29, 1.82) is 0 Å². The van der Waals surface area contributed by atoms with E-state index in [0.717, 1.165) is 43.5 Å². The molecule has 2 fully saturated rings. The molecule has 0 unspecified atom stereocenters. The van der Waals surface area contributed by atoms with Gasteiger partial charge in [-0.05, 0) is 44.6 Å². The molecule has 2 aromatic rings. The highest BCUT2D eigenvalue weighted by Gasteiger charge is 2.40. The van der Waals surface area contributed by atoms with Crippen molar-refractivity contribution < 1.29 is 4.79 Å². The molecular formula is C23H31N5O. The fourth-order valence-corrected chi connectivity index (χ4v) is 4.36. The summed E-state index contributed by atoms with van der Waals surface area (Å²) in [7, 11) is 3.98. The van der Waals surface area contributed by atoms with Crippen LogP contribution in [-0.4, -0.2) is 42.1 Å². The number of rotatable bonds is 6. The molecule has 0 radical (unpaired) electrons. The lowest BCUT2D eigenvalue weighted by atomic mass is 9.85. The monoisotopic (exact) mass is 393 g/mol. The molecule has 1 heterocycles. The van der Waals surface area contributed by atoms with Gasteiger partial charge in [0.2, 0.25) is 11.9 Å². The second-order valence-electron chi connectivity index (χ2n) is 8.66. The van der Waals surface area contributed by atoms with Crippen LogP contribution in [0.25, 0.3) is 0 Å². The maximum Gasteiger partial charge on any atom is 0.224 e. The number of hydrogen-bond donors (Lipinski definition) is 2. The van der Waals surface area contributed by atoms with E-state index in [1.807, 2.05) is 38.2 Å². The van der Waals surface area contributed by atoms with Crippen molar-refractivity contribution >= 4 is 17.7 Å². The predicted molar refractivity (Wildman–Crippen MR) is 116 cm³/mol. The SMILES string of the molecule is Cc1cnc(NC2CCC(C(=O)N[C@H]3C[C@@H]3c3ccccc3)CC2)nc1N(C)C. The zero-order valence-electron chi connectivity index (χ0n) is 17.6. The lowest BCUT2D eigenvalue weighted by Gasteiger charge is -2.28. The highest BCUT2D eigenvalue weighted by atomic mass is 16.2. The smallest absolute Gasteiger partial charge is 0.224 e. The van der Waals surface area contributed by atoms with Gasteiger partial charge in [0.1, 0.15) is 5.82 Å². The molecule has 0 aliphatic heterocycles. The zero-order valence-corrected chi connectivity index (χ0v) is 17.6. The molecule has 0 saturated heterocycles. The number of carbonyl (C=O) groups is 1. The maximum absolute atomic E-state index is 12.7. The summed E-state index contributed by atoms with van der Waals surface area (Å²) in [5, 5.41) is 6.74. The first-order valence-corrected chi connectivity index (χ1v) is 10.6. The van der Waals surface area contributed by atoms with Crippen LogP contribution in [0, 0.1) is 12.8 Å². The number of nitrogens with zero attached hydrogens (tertiary/aromatic N) is 3. The molecule has 0 spiro atoms. The quantitative estimate of drug-likeness (QED) is 0.786. The molecule has 1 aromatic heterocycles. The predicted octanol–water partition coefficient (Wildman–Crippen LogP) is 3.49. The number of anilines is 2. The third-order valence-corrected chi connectivity index (χ3v) is 6.15. The van der Waals surface area contributed by atoms with Crippen LogP contribution in [0.2, 0.25) is 0 Å². The normalized spacial score (nSPS) is 25.9.